The Balaban J connectivity index is 1.88. The number of nitrogens with zero attached hydrogens (tertiary/aromatic N) is 1. The van der Waals surface area contributed by atoms with Crippen LogP contribution in [-0.4, -0.2) is 41.7 Å². The smallest absolute Gasteiger partial charge is 0.243 e. The Bertz CT molecular complexity index is 1170. The zero-order chi connectivity index (χ0) is 27.5. The van der Waals surface area contributed by atoms with Crippen molar-refractivity contribution >= 4 is 46.8 Å². The quantitative estimate of drug-likeness (QED) is 0.245. The molecule has 0 aliphatic rings. The number of carbonyl (C=O) groups excluding carboxylic acids is 2. The third-order valence-corrected chi connectivity index (χ3v) is 8.01. The zero-order valence-corrected chi connectivity index (χ0v) is 24.3. The minimum Gasteiger partial charge on any atom is -0.497 e. The van der Waals surface area contributed by atoms with Crippen LogP contribution in [-0.2, 0) is 28.3 Å². The summed E-state index contributed by atoms with van der Waals surface area (Å²) in [5.74, 6) is 1.29. The van der Waals surface area contributed by atoms with Gasteiger partial charge in [-0.25, -0.2) is 0 Å². The van der Waals surface area contributed by atoms with Crippen LogP contribution in [0.25, 0.3) is 0 Å². The van der Waals surface area contributed by atoms with Crippen LogP contribution in [0.3, 0.4) is 0 Å². The summed E-state index contributed by atoms with van der Waals surface area (Å²) in [6, 6.07) is 22.0. The van der Waals surface area contributed by atoms with Gasteiger partial charge in [-0.15, -0.1) is 11.8 Å². The molecule has 8 heteroatoms. The second-order valence-corrected chi connectivity index (χ2v) is 10.9. The standard InChI is InChI=1S/C30H34Cl2N2O3S/c1-4-21(2)33-30(36)28(17-22-9-6-5-7-10-22)34(18-25-26(31)11-8-12-27(25)32)29(35)20-38-19-23-13-15-24(37-3)16-14-23/h5-16,21,28H,4,17-20H2,1-3H3,(H,33,36)/t21-,28-/m0/s1. The van der Waals surface area contributed by atoms with Crippen LogP contribution in [0.15, 0.2) is 72.8 Å². The van der Waals surface area contributed by atoms with Gasteiger partial charge in [0, 0.05) is 40.4 Å². The second kappa shape index (κ2) is 15.1. The number of carbonyl (C=O) groups is 2. The molecule has 5 nitrogen and oxygen atoms in total. The van der Waals surface area contributed by atoms with Crippen LogP contribution in [0.1, 0.15) is 37.0 Å². The zero-order valence-electron chi connectivity index (χ0n) is 22.0. The van der Waals surface area contributed by atoms with Crippen molar-refractivity contribution in [3.63, 3.8) is 0 Å². The van der Waals surface area contributed by atoms with Crippen LogP contribution >= 0.6 is 35.0 Å². The van der Waals surface area contributed by atoms with Crippen LogP contribution in [0, 0.1) is 0 Å². The van der Waals surface area contributed by atoms with Crippen molar-refractivity contribution in [1.82, 2.24) is 10.2 Å². The van der Waals surface area contributed by atoms with E-state index in [0.717, 1.165) is 23.3 Å². The molecule has 0 aromatic heterocycles. The predicted octanol–water partition coefficient (Wildman–Crippen LogP) is 6.79. The van der Waals surface area contributed by atoms with E-state index in [-0.39, 0.29) is 30.2 Å². The number of amides is 2. The van der Waals surface area contributed by atoms with E-state index in [1.807, 2.05) is 68.4 Å². The number of thioether (sulfide) groups is 1. The molecule has 0 aliphatic carbocycles. The van der Waals surface area contributed by atoms with Gasteiger partial charge in [0.05, 0.1) is 12.9 Å². The molecule has 202 valence electrons. The van der Waals surface area contributed by atoms with Crippen LogP contribution in [0.2, 0.25) is 10.0 Å². The first kappa shape index (κ1) is 29.9. The number of hydrogen-bond acceptors (Lipinski definition) is 4. The lowest BCUT2D eigenvalue weighted by Gasteiger charge is -2.32. The van der Waals surface area contributed by atoms with Gasteiger partial charge in [-0.2, -0.15) is 0 Å². The van der Waals surface area contributed by atoms with Crippen molar-refractivity contribution in [2.24, 2.45) is 0 Å². The average molecular weight is 574 g/mol. The Kier molecular flexibility index (Phi) is 11.8. The highest BCUT2D eigenvalue weighted by molar-refractivity contribution is 7.99. The maximum absolute atomic E-state index is 13.8. The van der Waals surface area contributed by atoms with Crippen molar-refractivity contribution in [2.75, 3.05) is 12.9 Å². The normalized spacial score (nSPS) is 12.4. The summed E-state index contributed by atoms with van der Waals surface area (Å²) >= 11 is 14.5. The fraction of sp³-hybridized carbons (Fsp3) is 0.333. The van der Waals surface area contributed by atoms with E-state index in [0.29, 0.717) is 27.8 Å². The van der Waals surface area contributed by atoms with Gasteiger partial charge in [0.2, 0.25) is 11.8 Å². The maximum Gasteiger partial charge on any atom is 0.243 e. The summed E-state index contributed by atoms with van der Waals surface area (Å²) in [7, 11) is 1.63. The number of halogens is 2. The fourth-order valence-electron chi connectivity index (χ4n) is 3.91. The summed E-state index contributed by atoms with van der Waals surface area (Å²) in [4.78, 5) is 29.0. The van der Waals surface area contributed by atoms with Crippen molar-refractivity contribution in [3.05, 3.63) is 99.5 Å². The van der Waals surface area contributed by atoms with Crippen LogP contribution in [0.5, 0.6) is 5.75 Å². The lowest BCUT2D eigenvalue weighted by Crippen LogP contribution is -2.52. The Hall–Kier alpha value is -2.67. The lowest BCUT2D eigenvalue weighted by molar-refractivity contribution is -0.139. The Labute approximate surface area is 239 Å². The number of methoxy groups -OCH3 is 1. The van der Waals surface area contributed by atoms with Crippen molar-refractivity contribution < 1.29 is 14.3 Å². The van der Waals surface area contributed by atoms with Gasteiger partial charge in [-0.1, -0.05) is 78.7 Å². The van der Waals surface area contributed by atoms with Gasteiger partial charge in [-0.3, -0.25) is 9.59 Å². The summed E-state index contributed by atoms with van der Waals surface area (Å²) < 4.78 is 5.23. The fourth-order valence-corrected chi connectivity index (χ4v) is 5.30. The summed E-state index contributed by atoms with van der Waals surface area (Å²) in [6.45, 7) is 4.10. The summed E-state index contributed by atoms with van der Waals surface area (Å²) in [5.41, 5.74) is 2.67. The minimum atomic E-state index is -0.729. The van der Waals surface area contributed by atoms with Crippen molar-refractivity contribution in [1.29, 1.82) is 0 Å². The molecule has 3 aromatic rings. The molecule has 2 amide bonds. The number of hydrogen-bond donors (Lipinski definition) is 1. The monoisotopic (exact) mass is 572 g/mol. The SMILES string of the molecule is CC[C@H](C)NC(=O)[C@H](Cc1ccccc1)N(Cc1c(Cl)cccc1Cl)C(=O)CSCc1ccc(OC)cc1. The molecule has 3 aromatic carbocycles. The van der Waals surface area contributed by atoms with Gasteiger partial charge < -0.3 is 15.0 Å². The second-order valence-electron chi connectivity index (χ2n) is 9.09. The first-order chi connectivity index (χ1) is 18.3. The van der Waals surface area contributed by atoms with Gasteiger partial charge in [0.15, 0.2) is 0 Å². The molecule has 0 saturated heterocycles. The molecule has 0 aliphatic heterocycles. The van der Waals surface area contributed by atoms with Crippen LogP contribution in [0.4, 0.5) is 0 Å². The molecule has 3 rings (SSSR count). The minimum absolute atomic E-state index is 0.0222. The van der Waals surface area contributed by atoms with Gasteiger partial charge in [-0.05, 0) is 48.7 Å². The van der Waals surface area contributed by atoms with Gasteiger partial charge in [0.25, 0.3) is 0 Å². The molecule has 0 saturated carbocycles. The van der Waals surface area contributed by atoms with E-state index >= 15 is 0 Å². The van der Waals surface area contributed by atoms with E-state index in [2.05, 4.69) is 5.32 Å². The highest BCUT2D eigenvalue weighted by Crippen LogP contribution is 2.28. The molecule has 1 N–H and O–H groups in total. The Morgan fingerprint density at radius 3 is 2.21 bits per heavy atom. The highest BCUT2D eigenvalue weighted by Gasteiger charge is 2.31. The lowest BCUT2D eigenvalue weighted by atomic mass is 10.0. The Morgan fingerprint density at radius 2 is 1.61 bits per heavy atom. The van der Waals surface area contributed by atoms with Crippen molar-refractivity contribution in [3.8, 4) is 5.75 Å². The number of benzene rings is 3. The topological polar surface area (TPSA) is 58.6 Å². The molecule has 0 unspecified atom stereocenters. The first-order valence-electron chi connectivity index (χ1n) is 12.6. The summed E-state index contributed by atoms with van der Waals surface area (Å²) in [5, 5.41) is 4.00. The van der Waals surface area contributed by atoms with Crippen LogP contribution < -0.4 is 10.1 Å². The molecule has 0 heterocycles. The third-order valence-electron chi connectivity index (χ3n) is 6.32. The highest BCUT2D eigenvalue weighted by atomic mass is 35.5. The molecule has 0 bridgehead atoms. The molecule has 38 heavy (non-hydrogen) atoms. The van der Waals surface area contributed by atoms with E-state index in [1.165, 1.54) is 11.8 Å². The number of ether oxygens (including phenoxy) is 1. The molecular formula is C30H34Cl2N2O3S. The molecule has 0 fully saturated rings. The number of nitrogens with one attached hydrogen (secondary N) is 1. The average Bonchev–Trinajstić information content (AvgIpc) is 2.92. The summed E-state index contributed by atoms with van der Waals surface area (Å²) in [6.07, 6.45) is 1.16. The van der Waals surface area contributed by atoms with Crippen molar-refractivity contribution in [2.45, 2.75) is 51.1 Å². The predicted molar refractivity (Wildman–Crippen MR) is 158 cm³/mol. The molecule has 2 atom stereocenters. The van der Waals surface area contributed by atoms with E-state index in [9.17, 15) is 9.59 Å². The largest absolute Gasteiger partial charge is 0.497 e. The van der Waals surface area contributed by atoms with E-state index < -0.39 is 6.04 Å². The van der Waals surface area contributed by atoms with Gasteiger partial charge in [0.1, 0.15) is 11.8 Å². The third kappa shape index (κ3) is 8.69. The number of rotatable bonds is 13. The van der Waals surface area contributed by atoms with E-state index in [4.69, 9.17) is 27.9 Å². The molecule has 0 radical (unpaired) electrons. The van der Waals surface area contributed by atoms with E-state index in [1.54, 1.807) is 30.2 Å². The Morgan fingerprint density at radius 1 is 0.947 bits per heavy atom. The first-order valence-corrected chi connectivity index (χ1v) is 14.5. The van der Waals surface area contributed by atoms with Gasteiger partial charge >= 0.3 is 0 Å². The maximum atomic E-state index is 13.8. The molecule has 0 spiro atoms. The molecular weight excluding hydrogens is 539 g/mol.